The van der Waals surface area contributed by atoms with E-state index in [1.807, 2.05) is 0 Å². The first-order valence-electron chi connectivity index (χ1n) is 7.15. The Morgan fingerprint density at radius 2 is 1.38 bits per heavy atom. The lowest BCUT2D eigenvalue weighted by Crippen LogP contribution is -2.37. The van der Waals surface area contributed by atoms with Gasteiger partial charge in [-0.15, -0.1) is 0 Å². The molecule has 0 bridgehead atoms. The van der Waals surface area contributed by atoms with E-state index in [0.717, 1.165) is 11.8 Å². The molecule has 1 nitrogen and oxygen atoms in total. The van der Waals surface area contributed by atoms with E-state index in [-0.39, 0.29) is 0 Å². The van der Waals surface area contributed by atoms with E-state index in [4.69, 9.17) is 4.43 Å². The molecule has 0 amide bonds. The molecule has 2 unspecified atom stereocenters. The molecule has 1 rings (SSSR count). The van der Waals surface area contributed by atoms with Crippen LogP contribution in [-0.2, 0) is 4.43 Å². The van der Waals surface area contributed by atoms with Gasteiger partial charge in [-0.1, -0.05) is 26.7 Å². The van der Waals surface area contributed by atoms with Crippen molar-refractivity contribution in [3.63, 3.8) is 0 Å². The molecule has 0 aromatic heterocycles. The second-order valence-corrected chi connectivity index (χ2v) is 10.8. The monoisotopic (exact) mass is 242 g/mol. The van der Waals surface area contributed by atoms with Crippen LogP contribution in [0.15, 0.2) is 0 Å². The van der Waals surface area contributed by atoms with Gasteiger partial charge < -0.3 is 4.43 Å². The van der Waals surface area contributed by atoms with Crippen LogP contribution in [0.5, 0.6) is 0 Å². The van der Waals surface area contributed by atoms with Crippen molar-refractivity contribution in [2.24, 2.45) is 11.8 Å². The molecular formula is C14H30OSi. The summed E-state index contributed by atoms with van der Waals surface area (Å²) < 4.78 is 6.47. The fourth-order valence-electron chi connectivity index (χ4n) is 3.10. The van der Waals surface area contributed by atoms with Crippen LogP contribution in [0, 0.1) is 11.8 Å². The number of rotatable bonds is 6. The molecule has 1 aliphatic carbocycles. The van der Waals surface area contributed by atoms with Crippen molar-refractivity contribution in [1.29, 1.82) is 0 Å². The summed E-state index contributed by atoms with van der Waals surface area (Å²) in [5, 5.41) is 0. The quantitative estimate of drug-likeness (QED) is 0.606. The lowest BCUT2D eigenvalue weighted by Gasteiger charge is -2.31. The van der Waals surface area contributed by atoms with E-state index in [0.29, 0.717) is 6.10 Å². The van der Waals surface area contributed by atoms with Crippen LogP contribution in [0.4, 0.5) is 0 Å². The van der Waals surface area contributed by atoms with Gasteiger partial charge in [0.2, 0.25) is 0 Å². The number of hydrogen-bond acceptors (Lipinski definition) is 1. The van der Waals surface area contributed by atoms with Crippen LogP contribution in [0.2, 0.25) is 19.6 Å². The lowest BCUT2D eigenvalue weighted by molar-refractivity contribution is 0.101. The third-order valence-corrected chi connectivity index (χ3v) is 4.63. The molecule has 2 heteroatoms. The van der Waals surface area contributed by atoms with Gasteiger partial charge in [-0.2, -0.15) is 0 Å². The Kier molecular flexibility index (Phi) is 5.52. The number of hydrogen-bond donors (Lipinski definition) is 0. The Morgan fingerprint density at radius 1 is 0.938 bits per heavy atom. The first kappa shape index (κ1) is 14.2. The molecule has 0 saturated heterocycles. The van der Waals surface area contributed by atoms with Crippen molar-refractivity contribution in [2.45, 2.75) is 78.1 Å². The van der Waals surface area contributed by atoms with Gasteiger partial charge in [-0.25, -0.2) is 0 Å². The smallest absolute Gasteiger partial charge is 0.184 e. The highest BCUT2D eigenvalue weighted by molar-refractivity contribution is 6.69. The van der Waals surface area contributed by atoms with Gasteiger partial charge in [0.25, 0.3) is 0 Å². The maximum atomic E-state index is 6.47. The van der Waals surface area contributed by atoms with Gasteiger partial charge in [0.05, 0.1) is 6.10 Å². The summed E-state index contributed by atoms with van der Waals surface area (Å²) in [5.74, 6) is 1.71. The van der Waals surface area contributed by atoms with Gasteiger partial charge in [0.15, 0.2) is 8.32 Å². The fourth-order valence-corrected chi connectivity index (χ4v) is 4.30. The average molecular weight is 242 g/mol. The zero-order valence-electron chi connectivity index (χ0n) is 11.9. The maximum Gasteiger partial charge on any atom is 0.184 e. The normalized spacial score (nSPS) is 30.9. The van der Waals surface area contributed by atoms with Crippen LogP contribution >= 0.6 is 0 Å². The highest BCUT2D eigenvalue weighted by Gasteiger charge is 2.38. The van der Waals surface area contributed by atoms with E-state index in [1.54, 1.807) is 0 Å². The molecule has 0 aliphatic heterocycles. The van der Waals surface area contributed by atoms with Crippen LogP contribution in [0.3, 0.4) is 0 Å². The van der Waals surface area contributed by atoms with Crippen molar-refractivity contribution in [1.82, 2.24) is 0 Å². The fraction of sp³-hybridized carbons (Fsp3) is 1.00. The van der Waals surface area contributed by atoms with Crippen molar-refractivity contribution >= 4 is 8.32 Å². The minimum Gasteiger partial charge on any atom is -0.414 e. The topological polar surface area (TPSA) is 9.23 Å². The zero-order valence-corrected chi connectivity index (χ0v) is 12.9. The first-order chi connectivity index (χ1) is 7.48. The van der Waals surface area contributed by atoms with Crippen LogP contribution in [-0.4, -0.2) is 14.4 Å². The van der Waals surface area contributed by atoms with E-state index in [1.165, 1.54) is 38.5 Å². The molecule has 0 N–H and O–H groups in total. The van der Waals surface area contributed by atoms with Gasteiger partial charge >= 0.3 is 0 Å². The Labute approximate surface area is 103 Å². The largest absolute Gasteiger partial charge is 0.414 e. The summed E-state index contributed by atoms with van der Waals surface area (Å²) in [4.78, 5) is 0. The average Bonchev–Trinajstić information content (AvgIpc) is 2.49. The van der Waals surface area contributed by atoms with Crippen molar-refractivity contribution in [2.75, 3.05) is 0 Å². The third kappa shape index (κ3) is 4.21. The minimum atomic E-state index is -1.36. The van der Waals surface area contributed by atoms with E-state index < -0.39 is 8.32 Å². The molecule has 0 heterocycles. The zero-order chi connectivity index (χ0) is 12.2. The molecule has 16 heavy (non-hydrogen) atoms. The molecular weight excluding hydrogens is 212 g/mol. The van der Waals surface area contributed by atoms with Gasteiger partial charge in [-0.3, -0.25) is 0 Å². The van der Waals surface area contributed by atoms with Crippen LogP contribution < -0.4 is 0 Å². The van der Waals surface area contributed by atoms with Crippen LogP contribution in [0.25, 0.3) is 0 Å². The first-order valence-corrected chi connectivity index (χ1v) is 10.6. The molecule has 1 aliphatic rings. The molecule has 0 aromatic carbocycles. The van der Waals surface area contributed by atoms with Crippen LogP contribution in [0.1, 0.15) is 52.4 Å². The summed E-state index contributed by atoms with van der Waals surface area (Å²) >= 11 is 0. The maximum absolute atomic E-state index is 6.47. The van der Waals surface area contributed by atoms with Gasteiger partial charge in [-0.05, 0) is 57.2 Å². The third-order valence-electron chi connectivity index (χ3n) is 3.65. The molecule has 96 valence electrons. The summed E-state index contributed by atoms with van der Waals surface area (Å²) in [7, 11) is -1.36. The predicted octanol–water partition coefficient (Wildman–Crippen LogP) is 4.83. The van der Waals surface area contributed by atoms with Crippen molar-refractivity contribution < 1.29 is 4.43 Å². The van der Waals surface area contributed by atoms with Gasteiger partial charge in [0, 0.05) is 0 Å². The van der Waals surface area contributed by atoms with Gasteiger partial charge in [0.1, 0.15) is 0 Å². The summed E-state index contributed by atoms with van der Waals surface area (Å²) in [5.41, 5.74) is 0. The lowest BCUT2D eigenvalue weighted by atomic mass is 9.94. The molecule has 0 radical (unpaired) electrons. The summed E-state index contributed by atoms with van der Waals surface area (Å²) in [6, 6.07) is 0. The highest BCUT2D eigenvalue weighted by atomic mass is 28.4. The molecule has 0 spiro atoms. The van der Waals surface area contributed by atoms with E-state index >= 15 is 0 Å². The standard InChI is InChI=1S/C14H30OSi/c1-6-8-12-10-11-13(9-7-2)14(12)15-16(3,4)5/h12-14H,6-11H2,1-5H3. The van der Waals surface area contributed by atoms with Crippen molar-refractivity contribution in [3.8, 4) is 0 Å². The predicted molar refractivity (Wildman–Crippen MR) is 74.2 cm³/mol. The Morgan fingerprint density at radius 3 is 1.69 bits per heavy atom. The highest BCUT2D eigenvalue weighted by Crippen LogP contribution is 2.40. The minimum absolute atomic E-state index is 0.589. The Bertz CT molecular complexity index is 183. The molecule has 1 fully saturated rings. The van der Waals surface area contributed by atoms with E-state index in [2.05, 4.69) is 33.5 Å². The Hall–Kier alpha value is 0.177. The SMILES string of the molecule is CCCC1CCC(CCC)C1O[Si](C)(C)C. The molecule has 2 atom stereocenters. The molecule has 1 saturated carbocycles. The second-order valence-electron chi connectivity index (χ2n) is 6.37. The van der Waals surface area contributed by atoms with Crippen molar-refractivity contribution in [3.05, 3.63) is 0 Å². The summed E-state index contributed by atoms with van der Waals surface area (Å²) in [6.45, 7) is 11.6. The summed E-state index contributed by atoms with van der Waals surface area (Å²) in [6.07, 6.45) is 8.78. The second kappa shape index (κ2) is 6.20. The van der Waals surface area contributed by atoms with E-state index in [9.17, 15) is 0 Å². The Balaban J connectivity index is 2.60. The molecule has 0 aromatic rings.